The number of carbonyl (C=O) groups excluding carboxylic acids is 2. The Balaban J connectivity index is 1.46. The van der Waals surface area contributed by atoms with Gasteiger partial charge >= 0.3 is 0 Å². The van der Waals surface area contributed by atoms with Crippen molar-refractivity contribution in [3.8, 4) is 11.5 Å². The number of nitrogens with one attached hydrogen (secondary N) is 1. The molecule has 0 saturated carbocycles. The monoisotopic (exact) mass is 394 g/mol. The highest BCUT2D eigenvalue weighted by Gasteiger charge is 2.12. The van der Waals surface area contributed by atoms with Crippen LogP contribution >= 0.6 is 34.3 Å². The highest BCUT2D eigenvalue weighted by Crippen LogP contribution is 2.24. The molecule has 5 nitrogen and oxygen atoms in total. The molecule has 0 bridgehead atoms. The first-order chi connectivity index (χ1) is 12.0. The Labute approximate surface area is 157 Å². The number of amides is 1. The Morgan fingerprint density at radius 3 is 2.76 bits per heavy atom. The number of Topliss-reactive ketones (excluding diaryl/α,β-unsaturated/α-hetero) is 1. The Morgan fingerprint density at radius 2 is 2.08 bits per heavy atom. The number of aryl methyl sites for hydroxylation is 1. The third-order valence-electron chi connectivity index (χ3n) is 3.42. The van der Waals surface area contributed by atoms with Gasteiger partial charge in [-0.25, -0.2) is 4.98 Å². The SMILES string of the molecule is Cc1nc(-c2ccc(CNC(=O)CCC(=O)c3ccc(Cl)s3)o2)cs1. The van der Waals surface area contributed by atoms with Crippen molar-refractivity contribution in [1.82, 2.24) is 10.3 Å². The third kappa shape index (κ3) is 4.78. The largest absolute Gasteiger partial charge is 0.458 e. The summed E-state index contributed by atoms with van der Waals surface area (Å²) in [5.74, 6) is 1.05. The number of thiophene rings is 1. The van der Waals surface area contributed by atoms with Crippen molar-refractivity contribution in [2.75, 3.05) is 0 Å². The maximum absolute atomic E-state index is 11.9. The molecule has 130 valence electrons. The number of furan rings is 1. The average molecular weight is 395 g/mol. The summed E-state index contributed by atoms with van der Waals surface area (Å²) in [5, 5.41) is 5.66. The van der Waals surface area contributed by atoms with E-state index < -0.39 is 0 Å². The number of thiazole rings is 1. The van der Waals surface area contributed by atoms with Gasteiger partial charge in [0, 0.05) is 18.2 Å². The van der Waals surface area contributed by atoms with Gasteiger partial charge in [0.1, 0.15) is 11.5 Å². The first kappa shape index (κ1) is 17.8. The lowest BCUT2D eigenvalue weighted by atomic mass is 10.2. The Kier molecular flexibility index (Phi) is 5.67. The quantitative estimate of drug-likeness (QED) is 0.589. The highest BCUT2D eigenvalue weighted by molar-refractivity contribution is 7.18. The van der Waals surface area contributed by atoms with E-state index in [4.69, 9.17) is 16.0 Å². The van der Waals surface area contributed by atoms with Crippen LogP contribution < -0.4 is 5.32 Å². The van der Waals surface area contributed by atoms with Crippen LogP contribution in [0.2, 0.25) is 4.34 Å². The molecular formula is C17H15ClN2O3S2. The van der Waals surface area contributed by atoms with E-state index in [0.29, 0.717) is 20.7 Å². The van der Waals surface area contributed by atoms with Gasteiger partial charge in [0.25, 0.3) is 0 Å². The lowest BCUT2D eigenvalue weighted by Crippen LogP contribution is -2.22. The number of halogens is 1. The van der Waals surface area contributed by atoms with Crippen LogP contribution in [0.5, 0.6) is 0 Å². The molecule has 1 N–H and O–H groups in total. The normalized spacial score (nSPS) is 10.8. The summed E-state index contributed by atoms with van der Waals surface area (Å²) in [6, 6.07) is 7.00. The molecule has 8 heteroatoms. The summed E-state index contributed by atoms with van der Waals surface area (Å²) < 4.78 is 6.25. The standard InChI is InChI=1S/C17H15ClN2O3S2/c1-10-20-12(9-24-10)14-4-2-11(23-14)8-19-17(22)7-3-13(21)15-5-6-16(18)25-15/h2,4-6,9H,3,7-8H2,1H3,(H,19,22). The molecule has 3 aromatic heterocycles. The van der Waals surface area contributed by atoms with Crippen molar-refractivity contribution < 1.29 is 14.0 Å². The molecule has 0 saturated heterocycles. The summed E-state index contributed by atoms with van der Waals surface area (Å²) in [4.78, 5) is 28.8. The van der Waals surface area contributed by atoms with Crippen LogP contribution in [0.25, 0.3) is 11.5 Å². The molecule has 3 heterocycles. The van der Waals surface area contributed by atoms with E-state index in [1.807, 2.05) is 24.4 Å². The summed E-state index contributed by atoms with van der Waals surface area (Å²) in [5.41, 5.74) is 0.792. The maximum Gasteiger partial charge on any atom is 0.220 e. The zero-order valence-corrected chi connectivity index (χ0v) is 15.8. The van der Waals surface area contributed by atoms with Gasteiger partial charge in [-0.05, 0) is 31.2 Å². The Hall–Kier alpha value is -1.96. The van der Waals surface area contributed by atoms with Gasteiger partial charge in [0.2, 0.25) is 5.91 Å². The lowest BCUT2D eigenvalue weighted by Gasteiger charge is -2.02. The molecule has 0 unspecified atom stereocenters. The number of aromatic nitrogens is 1. The summed E-state index contributed by atoms with van der Waals surface area (Å²) in [6.45, 7) is 2.21. The first-order valence-electron chi connectivity index (χ1n) is 7.58. The van der Waals surface area contributed by atoms with Crippen LogP contribution in [0.4, 0.5) is 0 Å². The van der Waals surface area contributed by atoms with E-state index in [1.54, 1.807) is 23.5 Å². The highest BCUT2D eigenvalue weighted by atomic mass is 35.5. The van der Waals surface area contributed by atoms with Gasteiger partial charge in [0.05, 0.1) is 20.8 Å². The van der Waals surface area contributed by atoms with Crippen LogP contribution in [0, 0.1) is 6.92 Å². The smallest absolute Gasteiger partial charge is 0.220 e. The molecule has 3 rings (SSSR count). The fourth-order valence-corrected chi connectivity index (χ4v) is 3.79. The van der Waals surface area contributed by atoms with E-state index in [0.717, 1.165) is 10.7 Å². The fourth-order valence-electron chi connectivity index (χ4n) is 2.18. The number of carbonyl (C=O) groups is 2. The van der Waals surface area contributed by atoms with Crippen molar-refractivity contribution in [1.29, 1.82) is 0 Å². The van der Waals surface area contributed by atoms with Crippen molar-refractivity contribution in [3.63, 3.8) is 0 Å². The molecule has 0 radical (unpaired) electrons. The predicted molar refractivity (Wildman–Crippen MR) is 99.3 cm³/mol. The van der Waals surface area contributed by atoms with Gasteiger partial charge in [-0.2, -0.15) is 0 Å². The molecule has 3 aromatic rings. The van der Waals surface area contributed by atoms with E-state index in [2.05, 4.69) is 10.3 Å². The second-order valence-corrected chi connectivity index (χ2v) is 8.10. The molecular weight excluding hydrogens is 380 g/mol. The summed E-state index contributed by atoms with van der Waals surface area (Å²) >= 11 is 8.58. The van der Waals surface area contributed by atoms with Gasteiger partial charge in [-0.15, -0.1) is 22.7 Å². The van der Waals surface area contributed by atoms with E-state index >= 15 is 0 Å². The molecule has 25 heavy (non-hydrogen) atoms. The maximum atomic E-state index is 11.9. The second kappa shape index (κ2) is 7.95. The molecule has 0 aliphatic heterocycles. The van der Waals surface area contributed by atoms with Gasteiger partial charge < -0.3 is 9.73 Å². The molecule has 0 fully saturated rings. The minimum absolute atomic E-state index is 0.0776. The topological polar surface area (TPSA) is 72.2 Å². The zero-order valence-electron chi connectivity index (χ0n) is 13.4. The number of nitrogens with zero attached hydrogens (tertiary/aromatic N) is 1. The molecule has 0 spiro atoms. The Morgan fingerprint density at radius 1 is 1.24 bits per heavy atom. The molecule has 0 aromatic carbocycles. The van der Waals surface area contributed by atoms with Gasteiger partial charge in [0.15, 0.2) is 11.5 Å². The number of hydrogen-bond acceptors (Lipinski definition) is 6. The van der Waals surface area contributed by atoms with Crippen LogP contribution in [-0.2, 0) is 11.3 Å². The number of ketones is 1. The number of hydrogen-bond donors (Lipinski definition) is 1. The van der Waals surface area contributed by atoms with Crippen LogP contribution in [0.15, 0.2) is 34.1 Å². The van der Waals surface area contributed by atoms with Crippen LogP contribution in [0.3, 0.4) is 0 Å². The van der Waals surface area contributed by atoms with Gasteiger partial charge in [-0.3, -0.25) is 9.59 Å². The van der Waals surface area contributed by atoms with E-state index in [-0.39, 0.29) is 31.1 Å². The van der Waals surface area contributed by atoms with Crippen LogP contribution in [0.1, 0.15) is 33.3 Å². The molecule has 0 atom stereocenters. The minimum Gasteiger partial charge on any atom is -0.458 e. The van der Waals surface area contributed by atoms with Crippen LogP contribution in [-0.4, -0.2) is 16.7 Å². The second-order valence-electron chi connectivity index (χ2n) is 5.32. The first-order valence-corrected chi connectivity index (χ1v) is 9.65. The summed E-state index contributed by atoms with van der Waals surface area (Å²) in [6.07, 6.45) is 0.289. The zero-order chi connectivity index (χ0) is 17.8. The van der Waals surface area contributed by atoms with Gasteiger partial charge in [-0.1, -0.05) is 11.6 Å². The van der Waals surface area contributed by atoms with Crippen molar-refractivity contribution in [3.05, 3.63) is 49.6 Å². The Bertz CT molecular complexity index is 897. The average Bonchev–Trinajstić information content (AvgIpc) is 3.31. The minimum atomic E-state index is -0.196. The van der Waals surface area contributed by atoms with Crippen molar-refractivity contribution >= 4 is 46.0 Å². The fraction of sp³-hybridized carbons (Fsp3) is 0.235. The van der Waals surface area contributed by atoms with Crippen molar-refractivity contribution in [2.45, 2.75) is 26.3 Å². The lowest BCUT2D eigenvalue weighted by molar-refractivity contribution is -0.121. The van der Waals surface area contributed by atoms with E-state index in [1.165, 1.54) is 11.3 Å². The van der Waals surface area contributed by atoms with Crippen molar-refractivity contribution in [2.24, 2.45) is 0 Å². The third-order valence-corrected chi connectivity index (χ3v) is 5.47. The molecule has 0 aliphatic carbocycles. The molecule has 1 amide bonds. The summed E-state index contributed by atoms with van der Waals surface area (Å²) in [7, 11) is 0. The van der Waals surface area contributed by atoms with E-state index in [9.17, 15) is 9.59 Å². The molecule has 0 aliphatic rings. The number of rotatable bonds is 7. The predicted octanol–water partition coefficient (Wildman–Crippen LogP) is 4.71.